The maximum absolute atomic E-state index is 13.2. The zero-order chi connectivity index (χ0) is 24.9. The number of ether oxygens (including phenoxy) is 3. The van der Waals surface area contributed by atoms with Gasteiger partial charge in [-0.3, -0.25) is 9.59 Å². The van der Waals surface area contributed by atoms with Gasteiger partial charge in [-0.05, 0) is 18.2 Å². The summed E-state index contributed by atoms with van der Waals surface area (Å²) in [4.78, 5) is 26.4. The van der Waals surface area contributed by atoms with E-state index in [1.807, 2.05) is 0 Å². The second kappa shape index (κ2) is 8.83. The fourth-order valence-corrected chi connectivity index (χ4v) is 4.12. The van der Waals surface area contributed by atoms with Crippen LogP contribution in [-0.2, 0) is 11.3 Å². The highest BCUT2D eigenvalue weighted by atomic mass is 16.7. The Balaban J connectivity index is 1.85. The first-order chi connectivity index (χ1) is 16.2. The molecule has 182 valence electrons. The Labute approximate surface area is 191 Å². The number of aliphatic hydroxyl groups excluding tert-OH is 5. The number of benzene rings is 2. The lowest BCUT2D eigenvalue weighted by Gasteiger charge is -2.39. The quantitative estimate of drug-likeness (QED) is 0.211. The van der Waals surface area contributed by atoms with Crippen molar-refractivity contribution in [3.63, 3.8) is 0 Å². The Morgan fingerprint density at radius 1 is 0.941 bits per heavy atom. The molecule has 0 saturated carbocycles. The third kappa shape index (κ3) is 3.48. The number of hydrogen-bond acceptors (Lipinski definition) is 12. The lowest BCUT2D eigenvalue weighted by atomic mass is 9.81. The van der Waals surface area contributed by atoms with Crippen LogP contribution in [0.2, 0.25) is 0 Å². The van der Waals surface area contributed by atoms with E-state index in [0.29, 0.717) is 0 Å². The smallest absolute Gasteiger partial charge is 0.229 e. The molecule has 34 heavy (non-hydrogen) atoms. The lowest BCUT2D eigenvalue weighted by Crippen LogP contribution is -2.60. The van der Waals surface area contributed by atoms with Gasteiger partial charge < -0.3 is 50.0 Å². The summed E-state index contributed by atoms with van der Waals surface area (Å²) in [7, 11) is 1.19. The van der Waals surface area contributed by atoms with Crippen LogP contribution in [0.1, 0.15) is 37.4 Å². The largest absolute Gasteiger partial charge is 0.504 e. The molecular weight excluding hydrogens is 456 g/mol. The fourth-order valence-electron chi connectivity index (χ4n) is 4.12. The van der Waals surface area contributed by atoms with Crippen molar-refractivity contribution in [3.05, 3.63) is 46.0 Å². The molecule has 1 fully saturated rings. The summed E-state index contributed by atoms with van der Waals surface area (Å²) in [5.74, 6) is -3.45. The monoisotopic (exact) mass is 478 g/mol. The van der Waals surface area contributed by atoms with Crippen LogP contribution in [0.5, 0.6) is 23.0 Å². The van der Waals surface area contributed by atoms with Gasteiger partial charge in [0.2, 0.25) is 6.29 Å². The SMILES string of the molecule is COc1c(CO)c(O[C@H]2O[C@H](CO)[C@H](O)[C@@H](O)[C@H]2O)cc2c1C(=O)c1ccc(O)c(O)c1C2=O. The molecule has 0 amide bonds. The van der Waals surface area contributed by atoms with Crippen molar-refractivity contribution in [2.24, 2.45) is 0 Å². The molecule has 12 nitrogen and oxygen atoms in total. The highest BCUT2D eigenvalue weighted by Crippen LogP contribution is 2.44. The first-order valence-electron chi connectivity index (χ1n) is 10.1. The van der Waals surface area contributed by atoms with Gasteiger partial charge in [0.25, 0.3) is 0 Å². The summed E-state index contributed by atoms with van der Waals surface area (Å²) in [6.45, 7) is -1.45. The molecule has 0 spiro atoms. The Morgan fingerprint density at radius 3 is 2.24 bits per heavy atom. The number of phenols is 2. The number of methoxy groups -OCH3 is 1. The fraction of sp³-hybridized carbons (Fsp3) is 0.364. The third-order valence-electron chi connectivity index (χ3n) is 5.90. The predicted octanol–water partition coefficient (Wildman–Crippen LogP) is -1.45. The van der Waals surface area contributed by atoms with E-state index in [4.69, 9.17) is 14.2 Å². The molecule has 1 aliphatic carbocycles. The standard InChI is InChI=1S/C22H22O12/c1-32-21-9(5-23)11(33-22-20(31)19(30)18(29)12(6-24)34-22)4-8-14(21)15(26)7-2-3-10(25)17(28)13(7)16(8)27/h2-4,12,18-20,22-25,28-31H,5-6H2,1H3/t12-,18+,19-,20-,22+/m1/s1. The predicted molar refractivity (Wildman–Crippen MR) is 110 cm³/mol. The van der Waals surface area contributed by atoms with Gasteiger partial charge in [-0.1, -0.05) is 0 Å². The Bertz CT molecular complexity index is 1160. The van der Waals surface area contributed by atoms with E-state index < -0.39 is 72.5 Å². The Morgan fingerprint density at radius 2 is 1.62 bits per heavy atom. The molecule has 2 aromatic rings. The molecule has 0 bridgehead atoms. The minimum atomic E-state index is -1.79. The molecule has 5 atom stereocenters. The van der Waals surface area contributed by atoms with Crippen LogP contribution in [0.4, 0.5) is 0 Å². The van der Waals surface area contributed by atoms with Crippen LogP contribution >= 0.6 is 0 Å². The van der Waals surface area contributed by atoms with Gasteiger partial charge in [0.15, 0.2) is 23.1 Å². The van der Waals surface area contributed by atoms with Crippen molar-refractivity contribution in [1.29, 1.82) is 0 Å². The van der Waals surface area contributed by atoms with Gasteiger partial charge in [-0.15, -0.1) is 0 Å². The normalized spacial score (nSPS) is 26.1. The van der Waals surface area contributed by atoms with Gasteiger partial charge in [0.1, 0.15) is 35.9 Å². The first-order valence-corrected chi connectivity index (χ1v) is 10.1. The van der Waals surface area contributed by atoms with Crippen LogP contribution < -0.4 is 9.47 Å². The molecule has 0 radical (unpaired) electrons. The van der Waals surface area contributed by atoms with Gasteiger partial charge >= 0.3 is 0 Å². The zero-order valence-corrected chi connectivity index (χ0v) is 17.7. The molecule has 12 heteroatoms. The van der Waals surface area contributed by atoms with E-state index in [9.17, 15) is 45.3 Å². The molecular formula is C22H22O12. The summed E-state index contributed by atoms with van der Waals surface area (Å²) in [6, 6.07) is 3.29. The average molecular weight is 478 g/mol. The topological polar surface area (TPSA) is 203 Å². The van der Waals surface area contributed by atoms with Crippen LogP contribution in [-0.4, -0.2) is 91.7 Å². The minimum Gasteiger partial charge on any atom is -0.504 e. The number of ketones is 2. The first kappa shape index (κ1) is 23.9. The van der Waals surface area contributed by atoms with E-state index in [1.165, 1.54) is 13.2 Å². The van der Waals surface area contributed by atoms with E-state index in [2.05, 4.69) is 0 Å². The van der Waals surface area contributed by atoms with Crippen molar-refractivity contribution >= 4 is 11.6 Å². The molecule has 2 aliphatic rings. The third-order valence-corrected chi connectivity index (χ3v) is 5.90. The molecule has 1 aliphatic heterocycles. The number of carbonyl (C=O) groups excluding carboxylic acids is 2. The maximum Gasteiger partial charge on any atom is 0.229 e. The maximum atomic E-state index is 13.2. The van der Waals surface area contributed by atoms with E-state index in [1.54, 1.807) is 0 Å². The number of fused-ring (bicyclic) bond motifs is 2. The number of hydrogen-bond donors (Lipinski definition) is 7. The van der Waals surface area contributed by atoms with Crippen LogP contribution in [0, 0.1) is 0 Å². The Kier molecular flexibility index (Phi) is 6.20. The lowest BCUT2D eigenvalue weighted by molar-refractivity contribution is -0.277. The van der Waals surface area contributed by atoms with Gasteiger partial charge in [-0.2, -0.15) is 0 Å². The van der Waals surface area contributed by atoms with Gasteiger partial charge in [0.05, 0.1) is 37.0 Å². The summed E-state index contributed by atoms with van der Waals surface area (Å²) in [6.07, 6.45) is -8.10. The number of rotatable bonds is 5. The van der Waals surface area contributed by atoms with E-state index >= 15 is 0 Å². The molecule has 1 heterocycles. The zero-order valence-electron chi connectivity index (χ0n) is 17.7. The van der Waals surface area contributed by atoms with Crippen molar-refractivity contribution in [3.8, 4) is 23.0 Å². The van der Waals surface area contributed by atoms with Gasteiger partial charge in [0, 0.05) is 11.1 Å². The van der Waals surface area contributed by atoms with Crippen LogP contribution in [0.25, 0.3) is 0 Å². The minimum absolute atomic E-state index is 0.0918. The second-order valence-electron chi connectivity index (χ2n) is 7.80. The van der Waals surface area contributed by atoms with Crippen molar-refractivity contribution in [1.82, 2.24) is 0 Å². The number of aliphatic hydroxyl groups is 5. The molecule has 7 N–H and O–H groups in total. The summed E-state index contributed by atoms with van der Waals surface area (Å²) < 4.78 is 16.2. The summed E-state index contributed by atoms with van der Waals surface area (Å²) in [5.41, 5.74) is -1.21. The molecule has 0 unspecified atom stereocenters. The highest BCUT2D eigenvalue weighted by molar-refractivity contribution is 6.30. The average Bonchev–Trinajstić information content (AvgIpc) is 2.83. The van der Waals surface area contributed by atoms with Gasteiger partial charge in [-0.25, -0.2) is 0 Å². The van der Waals surface area contributed by atoms with E-state index in [-0.39, 0.29) is 33.8 Å². The Hall–Kier alpha value is -3.26. The highest BCUT2D eigenvalue weighted by Gasteiger charge is 2.45. The van der Waals surface area contributed by atoms with Crippen molar-refractivity contribution in [2.75, 3.05) is 13.7 Å². The second-order valence-corrected chi connectivity index (χ2v) is 7.80. The molecule has 2 aromatic carbocycles. The molecule has 1 saturated heterocycles. The number of aromatic hydroxyl groups is 2. The van der Waals surface area contributed by atoms with E-state index in [0.717, 1.165) is 12.1 Å². The summed E-state index contributed by atoms with van der Waals surface area (Å²) >= 11 is 0. The van der Waals surface area contributed by atoms with Crippen LogP contribution in [0.15, 0.2) is 18.2 Å². The molecule has 4 rings (SSSR count). The van der Waals surface area contributed by atoms with Crippen molar-refractivity contribution < 1.29 is 59.5 Å². The number of carbonyl (C=O) groups is 2. The number of phenolic OH excluding ortho intramolecular Hbond substituents is 2. The molecule has 0 aromatic heterocycles. The van der Waals surface area contributed by atoms with Crippen molar-refractivity contribution in [2.45, 2.75) is 37.3 Å². The summed E-state index contributed by atoms with van der Waals surface area (Å²) in [5, 5.41) is 69.6. The van der Waals surface area contributed by atoms with Crippen LogP contribution in [0.3, 0.4) is 0 Å².